The van der Waals surface area contributed by atoms with E-state index in [1.807, 2.05) is 0 Å². The molecule has 0 aromatic carbocycles. The van der Waals surface area contributed by atoms with Crippen molar-refractivity contribution in [1.29, 1.82) is 0 Å². The van der Waals surface area contributed by atoms with E-state index < -0.39 is 0 Å². The first-order valence-electron chi connectivity index (χ1n) is 6.99. The first kappa shape index (κ1) is 15.0. The van der Waals surface area contributed by atoms with E-state index in [2.05, 4.69) is 34.6 Å². The summed E-state index contributed by atoms with van der Waals surface area (Å²) in [6.45, 7) is 11.7. The Hall–Kier alpha value is 0. The predicted octanol–water partition coefficient (Wildman–Crippen LogP) is 5.81. The van der Waals surface area contributed by atoms with Crippen LogP contribution < -0.4 is 0 Å². The third kappa shape index (κ3) is 10.3. The van der Waals surface area contributed by atoms with E-state index in [4.69, 9.17) is 0 Å². The fraction of sp³-hybridized carbons (Fsp3) is 1.00. The Morgan fingerprint density at radius 3 is 2.00 bits per heavy atom. The molecule has 0 aliphatic heterocycles. The Labute approximate surface area is 97.8 Å². The Balaban J connectivity index is 3.55. The lowest BCUT2D eigenvalue weighted by molar-refractivity contribution is 0.303. The monoisotopic (exact) mass is 212 g/mol. The highest BCUT2D eigenvalue weighted by Gasteiger charge is 2.13. The molecule has 0 bridgehead atoms. The van der Waals surface area contributed by atoms with E-state index in [9.17, 15) is 0 Å². The first-order valence-corrected chi connectivity index (χ1v) is 6.99. The molecule has 0 heterocycles. The van der Waals surface area contributed by atoms with Crippen LogP contribution in [0.1, 0.15) is 86.0 Å². The molecule has 1 atom stereocenters. The maximum atomic E-state index is 2.36. The largest absolute Gasteiger partial charge is 0.0654 e. The second-order valence-electron chi connectivity index (χ2n) is 6.22. The van der Waals surface area contributed by atoms with Crippen LogP contribution in [0.25, 0.3) is 0 Å². The van der Waals surface area contributed by atoms with E-state index >= 15 is 0 Å². The summed E-state index contributed by atoms with van der Waals surface area (Å²) >= 11 is 0. The van der Waals surface area contributed by atoms with Crippen LogP contribution in [0, 0.1) is 11.3 Å². The molecule has 0 nitrogen and oxygen atoms in total. The van der Waals surface area contributed by atoms with Crippen molar-refractivity contribution in [2.24, 2.45) is 11.3 Å². The van der Waals surface area contributed by atoms with Crippen molar-refractivity contribution in [3.8, 4) is 0 Å². The lowest BCUT2D eigenvalue weighted by Crippen LogP contribution is -2.09. The van der Waals surface area contributed by atoms with Crippen molar-refractivity contribution in [1.82, 2.24) is 0 Å². The molecule has 0 saturated carbocycles. The smallest absolute Gasteiger partial charge is 0.0383 e. The topological polar surface area (TPSA) is 0 Å². The first-order chi connectivity index (χ1) is 6.99. The third-order valence-corrected chi connectivity index (χ3v) is 3.35. The molecule has 0 aromatic heterocycles. The van der Waals surface area contributed by atoms with Crippen molar-refractivity contribution < 1.29 is 0 Å². The summed E-state index contributed by atoms with van der Waals surface area (Å²) in [5.41, 5.74) is 0.525. The van der Waals surface area contributed by atoms with Gasteiger partial charge < -0.3 is 0 Å². The minimum Gasteiger partial charge on any atom is -0.0654 e. The highest BCUT2D eigenvalue weighted by Crippen LogP contribution is 2.27. The van der Waals surface area contributed by atoms with Gasteiger partial charge in [-0.25, -0.2) is 0 Å². The van der Waals surface area contributed by atoms with Gasteiger partial charge in [0.25, 0.3) is 0 Å². The molecule has 0 saturated heterocycles. The summed E-state index contributed by atoms with van der Waals surface area (Å²) in [5, 5.41) is 0. The van der Waals surface area contributed by atoms with E-state index in [0.717, 1.165) is 5.92 Å². The van der Waals surface area contributed by atoms with Gasteiger partial charge in [0.2, 0.25) is 0 Å². The van der Waals surface area contributed by atoms with Gasteiger partial charge in [-0.1, -0.05) is 73.1 Å². The molecule has 92 valence electrons. The van der Waals surface area contributed by atoms with Crippen LogP contribution in [0.2, 0.25) is 0 Å². The molecule has 0 amide bonds. The van der Waals surface area contributed by atoms with Crippen LogP contribution in [0.5, 0.6) is 0 Å². The molecule has 0 rings (SSSR count). The molecular weight excluding hydrogens is 180 g/mol. The molecule has 0 heteroatoms. The fourth-order valence-corrected chi connectivity index (χ4v) is 2.05. The second kappa shape index (κ2) is 8.19. The number of rotatable bonds is 8. The predicted molar refractivity (Wildman–Crippen MR) is 71.2 cm³/mol. The van der Waals surface area contributed by atoms with Crippen LogP contribution in [0.4, 0.5) is 0 Å². The summed E-state index contributed by atoms with van der Waals surface area (Å²) in [6, 6.07) is 0. The zero-order valence-electron chi connectivity index (χ0n) is 11.7. The van der Waals surface area contributed by atoms with Crippen molar-refractivity contribution >= 4 is 0 Å². The molecule has 0 N–H and O–H groups in total. The second-order valence-corrected chi connectivity index (χ2v) is 6.22. The van der Waals surface area contributed by atoms with Crippen LogP contribution in [0.15, 0.2) is 0 Å². The molecular formula is C15H32. The zero-order chi connectivity index (χ0) is 11.7. The van der Waals surface area contributed by atoms with Gasteiger partial charge in [-0.05, 0) is 24.2 Å². The van der Waals surface area contributed by atoms with Crippen LogP contribution in [-0.4, -0.2) is 0 Å². The third-order valence-electron chi connectivity index (χ3n) is 3.35. The van der Waals surface area contributed by atoms with E-state index in [1.54, 1.807) is 0 Å². The highest BCUT2D eigenvalue weighted by molar-refractivity contribution is 4.66. The summed E-state index contributed by atoms with van der Waals surface area (Å²) in [5.74, 6) is 0.987. The molecule has 0 unspecified atom stereocenters. The number of hydrogen-bond donors (Lipinski definition) is 0. The summed E-state index contributed by atoms with van der Waals surface area (Å²) < 4.78 is 0. The molecule has 0 radical (unpaired) electrons. The molecule has 0 aliphatic carbocycles. The normalized spacial score (nSPS) is 14.2. The minimum absolute atomic E-state index is 0.525. The molecule has 0 aromatic rings. The van der Waals surface area contributed by atoms with Gasteiger partial charge in [0, 0.05) is 0 Å². The Morgan fingerprint density at radius 2 is 1.53 bits per heavy atom. The number of unbranched alkanes of at least 4 members (excludes halogenated alkanes) is 3. The summed E-state index contributed by atoms with van der Waals surface area (Å²) in [4.78, 5) is 0. The lowest BCUT2D eigenvalue weighted by atomic mass is 9.84. The molecule has 15 heavy (non-hydrogen) atoms. The SMILES string of the molecule is CCCCCC[C@@H](CC)CCC(C)(C)C. The average molecular weight is 212 g/mol. The standard InChI is InChI=1S/C15H32/c1-6-8-9-10-11-14(7-2)12-13-15(3,4)5/h14H,6-13H2,1-5H3/t14-/m1/s1. The minimum atomic E-state index is 0.525. The Bertz CT molecular complexity index is 129. The van der Waals surface area contributed by atoms with Gasteiger partial charge in [0.1, 0.15) is 0 Å². The summed E-state index contributed by atoms with van der Waals surface area (Å²) in [7, 11) is 0. The maximum absolute atomic E-state index is 2.36. The molecule has 0 spiro atoms. The van der Waals surface area contributed by atoms with Gasteiger partial charge in [0.05, 0.1) is 0 Å². The zero-order valence-corrected chi connectivity index (χ0v) is 11.7. The van der Waals surface area contributed by atoms with Gasteiger partial charge >= 0.3 is 0 Å². The van der Waals surface area contributed by atoms with Gasteiger partial charge in [0.15, 0.2) is 0 Å². The fourth-order valence-electron chi connectivity index (χ4n) is 2.05. The highest BCUT2D eigenvalue weighted by atomic mass is 14.2. The van der Waals surface area contributed by atoms with Crippen LogP contribution in [-0.2, 0) is 0 Å². The van der Waals surface area contributed by atoms with E-state index in [0.29, 0.717) is 5.41 Å². The van der Waals surface area contributed by atoms with E-state index in [1.165, 1.54) is 51.4 Å². The van der Waals surface area contributed by atoms with Crippen molar-refractivity contribution in [2.45, 2.75) is 86.0 Å². The van der Waals surface area contributed by atoms with Crippen LogP contribution >= 0.6 is 0 Å². The van der Waals surface area contributed by atoms with Crippen LogP contribution in [0.3, 0.4) is 0 Å². The quantitative estimate of drug-likeness (QED) is 0.445. The van der Waals surface area contributed by atoms with Gasteiger partial charge in [-0.3, -0.25) is 0 Å². The number of hydrogen-bond acceptors (Lipinski definition) is 0. The Kier molecular flexibility index (Phi) is 8.19. The molecule has 0 aliphatic rings. The van der Waals surface area contributed by atoms with Gasteiger partial charge in [-0.15, -0.1) is 0 Å². The van der Waals surface area contributed by atoms with Crippen molar-refractivity contribution in [3.05, 3.63) is 0 Å². The Morgan fingerprint density at radius 1 is 0.867 bits per heavy atom. The van der Waals surface area contributed by atoms with Crippen molar-refractivity contribution in [3.63, 3.8) is 0 Å². The summed E-state index contributed by atoms with van der Waals surface area (Å²) in [6.07, 6.45) is 11.4. The van der Waals surface area contributed by atoms with Crippen molar-refractivity contribution in [2.75, 3.05) is 0 Å². The molecule has 0 fully saturated rings. The van der Waals surface area contributed by atoms with Gasteiger partial charge in [-0.2, -0.15) is 0 Å². The lowest BCUT2D eigenvalue weighted by Gasteiger charge is -2.22. The van der Waals surface area contributed by atoms with E-state index in [-0.39, 0.29) is 0 Å². The maximum Gasteiger partial charge on any atom is -0.0383 e. The average Bonchev–Trinajstić information content (AvgIpc) is 2.15.